The van der Waals surface area contributed by atoms with Gasteiger partial charge in [0.2, 0.25) is 0 Å². The molecule has 2 heterocycles. The Bertz CT molecular complexity index is 3500. The van der Waals surface area contributed by atoms with Gasteiger partial charge in [-0.3, -0.25) is 0 Å². The molecule has 0 spiro atoms. The van der Waals surface area contributed by atoms with Crippen molar-refractivity contribution < 1.29 is 8.83 Å². The Kier molecular flexibility index (Phi) is 6.65. The number of anilines is 4. The van der Waals surface area contributed by atoms with Crippen molar-refractivity contribution in [2.45, 2.75) is 13.0 Å². The second kappa shape index (κ2) is 12.1. The third-order valence-corrected chi connectivity index (χ3v) is 12.7. The third kappa shape index (κ3) is 4.63. The Morgan fingerprint density at radius 1 is 0.466 bits per heavy atom. The largest absolute Gasteiger partial charge is 0.454 e. The summed E-state index contributed by atoms with van der Waals surface area (Å²) >= 11 is 0. The molecule has 9 aromatic carbocycles. The molecule has 0 saturated heterocycles. The normalized spacial score (nSPS) is 16.3. The number of para-hydroxylation sites is 4. The topological polar surface area (TPSA) is 32.8 Å². The maximum Gasteiger partial charge on any atom is 0.159 e. The van der Waals surface area contributed by atoms with E-state index < -0.39 is 0 Å². The van der Waals surface area contributed by atoms with Crippen LogP contribution in [0.1, 0.15) is 12.0 Å². The van der Waals surface area contributed by atoms with Crippen LogP contribution in [0, 0.1) is 11.8 Å². The minimum absolute atomic E-state index is 0.474. The predicted molar refractivity (Wildman–Crippen MR) is 241 cm³/mol. The number of hydrogen-bond donors (Lipinski definition) is 0. The van der Waals surface area contributed by atoms with Crippen LogP contribution in [0.2, 0.25) is 0 Å². The zero-order chi connectivity index (χ0) is 37.9. The van der Waals surface area contributed by atoms with Crippen molar-refractivity contribution in [1.29, 1.82) is 0 Å². The molecule has 0 bridgehead atoms. The van der Waals surface area contributed by atoms with Gasteiger partial charge >= 0.3 is 0 Å². The van der Waals surface area contributed by atoms with Gasteiger partial charge in [0.1, 0.15) is 11.2 Å². The molecule has 13 rings (SSSR count). The first-order chi connectivity index (χ1) is 28.8. The summed E-state index contributed by atoms with van der Waals surface area (Å²) < 4.78 is 13.4. The molecule has 1 saturated carbocycles. The van der Waals surface area contributed by atoms with Crippen molar-refractivity contribution in [1.82, 2.24) is 0 Å². The molecule has 0 radical (unpaired) electrons. The Morgan fingerprint density at radius 3 is 1.74 bits per heavy atom. The molecule has 2 aliphatic rings. The lowest BCUT2D eigenvalue weighted by Crippen LogP contribution is -2.20. The van der Waals surface area contributed by atoms with E-state index in [1.165, 1.54) is 55.7 Å². The summed E-state index contributed by atoms with van der Waals surface area (Å²) in [7, 11) is 0. The van der Waals surface area contributed by atoms with Gasteiger partial charge in [0.25, 0.3) is 0 Å². The monoisotopic (exact) mass is 744 g/mol. The minimum atomic E-state index is 0.474. The standard InChI is InChI=1S/C54H36N2O2/c1-2-11-33(12-3-1)32-55(47-19-9-16-39-37-14-4-6-21-49(37)57-53(39)47)44-29-25-34-24-28-42-46(30-26-35-23-27-41(44)51(34)52(35)42)56(45-18-8-13-36-31-43(36)45)48-20-10-17-40-38-15-5-7-22-50(38)58-54(40)48/h1-30,36,43H,31-32H2. The van der Waals surface area contributed by atoms with Gasteiger partial charge in [0.05, 0.1) is 17.1 Å². The predicted octanol–water partition coefficient (Wildman–Crippen LogP) is 14.9. The number of allylic oxidation sites excluding steroid dienone is 4. The molecule has 4 nitrogen and oxygen atoms in total. The van der Waals surface area contributed by atoms with Crippen LogP contribution in [-0.2, 0) is 6.54 Å². The van der Waals surface area contributed by atoms with E-state index in [1.54, 1.807) is 0 Å². The van der Waals surface area contributed by atoms with Gasteiger partial charge in [-0.25, -0.2) is 0 Å². The SMILES string of the molecule is C1=CC2CC2C(N(c2ccc3ccc4c(N(Cc5ccccc5)c5cccc6c5oc5ccccc56)ccc5ccc2c3c54)c2cccc3c2oc2ccccc23)=C1. The van der Waals surface area contributed by atoms with Gasteiger partial charge < -0.3 is 18.6 Å². The number of nitrogens with zero attached hydrogens (tertiary/aromatic N) is 2. The molecule has 2 unspecified atom stereocenters. The lowest BCUT2D eigenvalue weighted by atomic mass is 9.91. The van der Waals surface area contributed by atoms with Crippen LogP contribution in [0.15, 0.2) is 197 Å². The molecule has 2 aromatic heterocycles. The maximum atomic E-state index is 6.73. The first kappa shape index (κ1) is 31.9. The summed E-state index contributed by atoms with van der Waals surface area (Å²) in [6, 6.07) is 59.2. The molecule has 2 atom stereocenters. The van der Waals surface area contributed by atoms with Gasteiger partial charge in [-0.15, -0.1) is 0 Å². The molecule has 1 fully saturated rings. The molecule has 4 heteroatoms. The van der Waals surface area contributed by atoms with Crippen molar-refractivity contribution in [2.24, 2.45) is 11.8 Å². The van der Waals surface area contributed by atoms with Crippen LogP contribution in [-0.4, -0.2) is 0 Å². The number of hydrogen-bond acceptors (Lipinski definition) is 4. The van der Waals surface area contributed by atoms with Crippen LogP contribution in [0.5, 0.6) is 0 Å². The molecule has 2 aliphatic carbocycles. The Balaban J connectivity index is 1.06. The van der Waals surface area contributed by atoms with Crippen molar-refractivity contribution in [3.8, 4) is 0 Å². The van der Waals surface area contributed by atoms with Gasteiger partial charge in [0.15, 0.2) is 11.2 Å². The number of furan rings is 2. The highest BCUT2D eigenvalue weighted by Gasteiger charge is 2.43. The average Bonchev–Trinajstić information content (AvgIpc) is 3.84. The molecule has 274 valence electrons. The Labute approximate surface area is 334 Å². The summed E-state index contributed by atoms with van der Waals surface area (Å²) in [5.74, 6) is 1.05. The first-order valence-corrected chi connectivity index (χ1v) is 20.3. The van der Waals surface area contributed by atoms with E-state index in [0.717, 1.165) is 60.9 Å². The quantitative estimate of drug-likeness (QED) is 0.152. The zero-order valence-corrected chi connectivity index (χ0v) is 31.6. The summed E-state index contributed by atoms with van der Waals surface area (Å²) in [6.45, 7) is 0.686. The lowest BCUT2D eigenvalue weighted by Gasteiger charge is -2.31. The summed E-state index contributed by atoms with van der Waals surface area (Å²) in [5.41, 5.74) is 10.6. The van der Waals surface area contributed by atoms with Crippen molar-refractivity contribution in [2.75, 3.05) is 9.80 Å². The van der Waals surface area contributed by atoms with Gasteiger partial charge in [-0.05, 0) is 81.9 Å². The smallest absolute Gasteiger partial charge is 0.159 e. The highest BCUT2D eigenvalue weighted by atomic mass is 16.3. The fourth-order valence-electron chi connectivity index (χ4n) is 9.96. The van der Waals surface area contributed by atoms with Crippen LogP contribution in [0.3, 0.4) is 0 Å². The molecule has 11 aromatic rings. The maximum absolute atomic E-state index is 6.73. The molecular formula is C54H36N2O2. The Hall–Kier alpha value is -7.30. The highest BCUT2D eigenvalue weighted by molar-refractivity contribution is 6.28. The summed E-state index contributed by atoms with van der Waals surface area (Å²) in [5, 5.41) is 12.0. The minimum Gasteiger partial charge on any atom is -0.454 e. The van der Waals surface area contributed by atoms with E-state index in [2.05, 4.69) is 186 Å². The summed E-state index contributed by atoms with van der Waals surface area (Å²) in [4.78, 5) is 4.96. The molecule has 0 N–H and O–H groups in total. The fourth-order valence-corrected chi connectivity index (χ4v) is 9.96. The van der Waals surface area contributed by atoms with Crippen LogP contribution < -0.4 is 9.80 Å². The van der Waals surface area contributed by atoms with Crippen LogP contribution in [0.4, 0.5) is 22.7 Å². The van der Waals surface area contributed by atoms with E-state index >= 15 is 0 Å². The first-order valence-electron chi connectivity index (χ1n) is 20.3. The third-order valence-electron chi connectivity index (χ3n) is 12.7. The Morgan fingerprint density at radius 2 is 1.03 bits per heavy atom. The van der Waals surface area contributed by atoms with Crippen LogP contribution in [0.25, 0.3) is 76.2 Å². The number of benzene rings is 9. The molecular weight excluding hydrogens is 709 g/mol. The van der Waals surface area contributed by atoms with Gasteiger partial charge in [-0.2, -0.15) is 0 Å². The van der Waals surface area contributed by atoms with Crippen LogP contribution >= 0.6 is 0 Å². The van der Waals surface area contributed by atoms with Gasteiger partial charge in [0, 0.05) is 56.2 Å². The molecule has 0 amide bonds. The van der Waals surface area contributed by atoms with Crippen molar-refractivity contribution in [3.05, 3.63) is 193 Å². The van der Waals surface area contributed by atoms with Crippen molar-refractivity contribution in [3.63, 3.8) is 0 Å². The fraction of sp³-hybridized carbons (Fsp3) is 0.0741. The second-order valence-electron chi connectivity index (χ2n) is 16.0. The van der Waals surface area contributed by atoms with E-state index in [-0.39, 0.29) is 0 Å². The summed E-state index contributed by atoms with van der Waals surface area (Å²) in [6.07, 6.45) is 8.11. The second-order valence-corrected chi connectivity index (χ2v) is 16.0. The van der Waals surface area contributed by atoms with E-state index in [0.29, 0.717) is 18.4 Å². The lowest BCUT2D eigenvalue weighted by molar-refractivity contribution is 0.667. The zero-order valence-electron chi connectivity index (χ0n) is 31.6. The average molecular weight is 745 g/mol. The highest BCUT2D eigenvalue weighted by Crippen LogP contribution is 2.54. The molecule has 58 heavy (non-hydrogen) atoms. The number of fused-ring (bicyclic) bond motifs is 7. The molecule has 0 aliphatic heterocycles. The van der Waals surface area contributed by atoms with E-state index in [4.69, 9.17) is 8.83 Å². The van der Waals surface area contributed by atoms with Gasteiger partial charge in [-0.1, -0.05) is 140 Å². The van der Waals surface area contributed by atoms with E-state index in [1.807, 2.05) is 6.07 Å². The van der Waals surface area contributed by atoms with E-state index in [9.17, 15) is 0 Å². The van der Waals surface area contributed by atoms with Crippen molar-refractivity contribution >= 4 is 98.9 Å². The number of rotatable bonds is 7.